The summed E-state index contributed by atoms with van der Waals surface area (Å²) in [6, 6.07) is 39.8. The first-order chi connectivity index (χ1) is 22.9. The van der Waals surface area contributed by atoms with Crippen molar-refractivity contribution in [2.24, 2.45) is 0 Å². The fraction of sp³-hybridized carbons (Fsp3) is 0.171. The molecule has 0 aliphatic carbocycles. The Morgan fingerprint density at radius 2 is 1.57 bits per heavy atom. The fourth-order valence-corrected chi connectivity index (χ4v) is 6.36. The van der Waals surface area contributed by atoms with E-state index in [9.17, 15) is 0 Å². The van der Waals surface area contributed by atoms with Crippen LogP contribution in [0.15, 0.2) is 120 Å². The quantitative estimate of drug-likeness (QED) is 0.129. The molecule has 3 heterocycles. The van der Waals surface area contributed by atoms with Crippen LogP contribution in [0.25, 0.3) is 55.6 Å². The number of fused-ring (bicyclic) bond motifs is 3. The van der Waals surface area contributed by atoms with Crippen molar-refractivity contribution in [1.82, 2.24) is 9.97 Å². The van der Waals surface area contributed by atoms with E-state index in [1.54, 1.807) is 12.1 Å². The molecule has 0 N–H and O–H groups in total. The summed E-state index contributed by atoms with van der Waals surface area (Å²) in [6.07, 6.45) is 3.85. The molecule has 0 unspecified atom stereocenters. The monoisotopic (exact) mass is 798 g/mol. The second-order valence-electron chi connectivity index (χ2n) is 12.5. The number of nitrogens with zero attached hydrogens (tertiary/aromatic N) is 2. The summed E-state index contributed by atoms with van der Waals surface area (Å²) in [5.41, 5.74) is 8.63. The number of aryl methyl sites for hydroxylation is 1. The first kappa shape index (κ1) is 29.3. The van der Waals surface area contributed by atoms with Crippen molar-refractivity contribution in [3.8, 4) is 33.6 Å². The molecule has 0 spiro atoms. The van der Waals surface area contributed by atoms with Crippen LogP contribution in [0.2, 0.25) is 19.6 Å². The average Bonchev–Trinajstić information content (AvgIpc) is 3.48. The minimum absolute atomic E-state index is 0. The predicted octanol–water partition coefficient (Wildman–Crippen LogP) is 10.6. The number of hydrogen-bond acceptors (Lipinski definition) is 3. The summed E-state index contributed by atoms with van der Waals surface area (Å²) in [5, 5.41) is 3.41. The maximum atomic E-state index is 7.60. The normalized spacial score (nSPS) is 12.5. The number of pyridine rings is 2. The molecular formula is C41H38IrN2OSi-2. The largest absolute Gasteiger partial charge is 0.500 e. The van der Waals surface area contributed by atoms with Crippen LogP contribution in [0.5, 0.6) is 0 Å². The van der Waals surface area contributed by atoms with E-state index < -0.39 is 14.9 Å². The first-order valence-corrected chi connectivity index (χ1v) is 18.8. The minimum atomic E-state index is -2.12. The van der Waals surface area contributed by atoms with Gasteiger partial charge in [0.15, 0.2) is 0 Å². The van der Waals surface area contributed by atoms with E-state index in [1.807, 2.05) is 85.2 Å². The Balaban J connectivity index is 0.000000233. The Kier molecular flexibility index (Phi) is 8.96. The maximum Gasteiger partial charge on any atom is 0.128 e. The molecule has 7 rings (SSSR count). The molecule has 3 nitrogen and oxygen atoms in total. The van der Waals surface area contributed by atoms with Crippen LogP contribution >= 0.6 is 0 Å². The molecule has 7 aromatic rings. The average molecular weight is 798 g/mol. The number of furan rings is 1. The van der Waals surface area contributed by atoms with Crippen molar-refractivity contribution < 1.29 is 28.6 Å². The van der Waals surface area contributed by atoms with Gasteiger partial charge in [0.1, 0.15) is 5.58 Å². The smallest absolute Gasteiger partial charge is 0.128 e. The standard InChI is InChI=1S/C27H22NO.C14H16NSi.Ir/c1-17(2)20-14-15-28-25(16-20)24-9-5-8-23-22-7-4-6-21(26(22)29-27(23)24)19-12-10-18(3)11-13-19;1-16(2,3)13-9-10-14(15-11-13)12-7-5-4-6-8-12;/h4-8,10-17H,1-3H3;4-7,9-11H,1-3H3;/q2*-1;/i3D3;;. The van der Waals surface area contributed by atoms with E-state index in [1.165, 1.54) is 10.8 Å². The Morgan fingerprint density at radius 3 is 2.24 bits per heavy atom. The van der Waals surface area contributed by atoms with Crippen LogP contribution in [-0.4, -0.2) is 18.0 Å². The van der Waals surface area contributed by atoms with Gasteiger partial charge in [-0.1, -0.05) is 116 Å². The Hall–Kier alpha value is -4.15. The van der Waals surface area contributed by atoms with Gasteiger partial charge in [-0.25, -0.2) is 0 Å². The molecule has 0 aliphatic heterocycles. The second-order valence-corrected chi connectivity index (χ2v) is 17.6. The number of benzene rings is 4. The summed E-state index contributed by atoms with van der Waals surface area (Å²) in [4.78, 5) is 9.10. The first-order valence-electron chi connectivity index (χ1n) is 16.8. The minimum Gasteiger partial charge on any atom is -0.500 e. The molecule has 1 radical (unpaired) electrons. The summed E-state index contributed by atoms with van der Waals surface area (Å²) in [6.45, 7) is 9.20. The molecule has 0 aliphatic rings. The van der Waals surface area contributed by atoms with Gasteiger partial charge in [-0.2, -0.15) is 0 Å². The van der Waals surface area contributed by atoms with Crippen molar-refractivity contribution >= 4 is 35.2 Å². The zero-order valence-electron chi connectivity index (χ0n) is 29.7. The van der Waals surface area contributed by atoms with Crippen molar-refractivity contribution in [3.05, 3.63) is 139 Å². The third-order valence-electron chi connectivity index (χ3n) is 7.98. The zero-order valence-corrected chi connectivity index (χ0v) is 30.1. The third kappa shape index (κ3) is 7.13. The summed E-state index contributed by atoms with van der Waals surface area (Å²) in [5.74, 6) is 0.399. The summed E-state index contributed by atoms with van der Waals surface area (Å²) >= 11 is 0. The van der Waals surface area contributed by atoms with E-state index in [2.05, 4.69) is 73.8 Å². The number of rotatable bonds is 5. The van der Waals surface area contributed by atoms with Crippen molar-refractivity contribution in [2.45, 2.75) is 46.3 Å². The van der Waals surface area contributed by atoms with Crippen LogP contribution in [0.1, 0.15) is 35.0 Å². The Labute approximate surface area is 291 Å². The van der Waals surface area contributed by atoms with E-state index >= 15 is 0 Å². The molecule has 0 bridgehead atoms. The molecule has 0 atom stereocenters. The number of aromatic nitrogens is 2. The molecule has 4 aromatic carbocycles. The summed E-state index contributed by atoms with van der Waals surface area (Å²) in [7, 11) is -1.23. The second kappa shape index (κ2) is 14.1. The Morgan fingerprint density at radius 1 is 0.761 bits per heavy atom. The van der Waals surface area contributed by atoms with E-state index in [0.29, 0.717) is 11.5 Å². The molecule has 233 valence electrons. The number of para-hydroxylation sites is 1. The molecule has 0 amide bonds. The van der Waals surface area contributed by atoms with Crippen LogP contribution in [0.3, 0.4) is 0 Å². The van der Waals surface area contributed by atoms with Crippen LogP contribution in [0.4, 0.5) is 0 Å². The van der Waals surface area contributed by atoms with E-state index in [0.717, 1.165) is 55.6 Å². The van der Waals surface area contributed by atoms with Crippen molar-refractivity contribution in [1.29, 1.82) is 0 Å². The van der Waals surface area contributed by atoms with E-state index in [-0.39, 0.29) is 20.1 Å². The maximum absolute atomic E-state index is 7.60. The summed E-state index contributed by atoms with van der Waals surface area (Å²) < 4.78 is 29.3. The van der Waals surface area contributed by atoms with Crippen molar-refractivity contribution in [2.75, 3.05) is 0 Å². The van der Waals surface area contributed by atoms with Crippen molar-refractivity contribution in [3.63, 3.8) is 0 Å². The van der Waals surface area contributed by atoms with Gasteiger partial charge in [-0.15, -0.1) is 54.1 Å². The molecule has 0 saturated heterocycles. The van der Waals surface area contributed by atoms with Gasteiger partial charge in [-0.05, 0) is 41.0 Å². The van der Waals surface area contributed by atoms with Gasteiger partial charge in [0.05, 0.1) is 13.7 Å². The SMILES string of the molecule is C[Si](C)(C)c1ccc(-c2[c-]cccc2)nc1.[2H]C([2H])([2H])c1ccc(-c2cccc3c2oc2c(-c4cc(C(C)C)ccn4)[c-]ccc23)cc1.[Ir]. The van der Waals surface area contributed by atoms with Gasteiger partial charge >= 0.3 is 0 Å². The third-order valence-corrected chi connectivity index (χ3v) is 10.0. The van der Waals surface area contributed by atoms with Gasteiger partial charge < -0.3 is 14.4 Å². The van der Waals surface area contributed by atoms with E-state index in [4.69, 9.17) is 8.53 Å². The van der Waals surface area contributed by atoms with Gasteiger partial charge in [0.2, 0.25) is 0 Å². The van der Waals surface area contributed by atoms with Crippen LogP contribution in [-0.2, 0) is 20.1 Å². The number of hydrogen-bond donors (Lipinski definition) is 0. The van der Waals surface area contributed by atoms with Gasteiger partial charge in [0, 0.05) is 47.6 Å². The zero-order chi connectivity index (χ0) is 34.1. The molecule has 0 saturated carbocycles. The molecule has 5 heteroatoms. The Bertz CT molecular complexity index is 2170. The van der Waals surface area contributed by atoms with Gasteiger partial charge in [0.25, 0.3) is 0 Å². The molecule has 3 aromatic heterocycles. The fourth-order valence-electron chi connectivity index (χ4n) is 5.32. The topological polar surface area (TPSA) is 38.9 Å². The van der Waals surface area contributed by atoms with Gasteiger partial charge in [-0.3, -0.25) is 0 Å². The molecule has 0 fully saturated rings. The predicted molar refractivity (Wildman–Crippen MR) is 192 cm³/mol. The molecular weight excluding hydrogens is 757 g/mol. The van der Waals surface area contributed by atoms with Crippen LogP contribution < -0.4 is 5.19 Å². The molecule has 46 heavy (non-hydrogen) atoms. The van der Waals surface area contributed by atoms with Crippen LogP contribution in [0, 0.1) is 19.0 Å².